The molecule has 0 aliphatic heterocycles. The average Bonchev–Trinajstić information content (AvgIpc) is 2.52. The summed E-state index contributed by atoms with van der Waals surface area (Å²) in [6.45, 7) is 5.59. The number of hydrogen-bond donors (Lipinski definition) is 3. The molecule has 2 aromatic rings. The minimum absolute atomic E-state index is 0.0483. The summed E-state index contributed by atoms with van der Waals surface area (Å²) in [7, 11) is 0. The first kappa shape index (κ1) is 20.9. The third-order valence-electron chi connectivity index (χ3n) is 3.91. The molecule has 0 saturated heterocycles. The molecule has 0 unspecified atom stereocenters. The molecule has 0 spiro atoms. The Morgan fingerprint density at radius 1 is 1.22 bits per heavy atom. The van der Waals surface area contributed by atoms with Crippen molar-refractivity contribution in [1.82, 2.24) is 10.3 Å². The molecule has 5 nitrogen and oxygen atoms in total. The van der Waals surface area contributed by atoms with E-state index in [9.17, 15) is 18.7 Å². The third-order valence-corrected chi connectivity index (χ3v) is 3.91. The molecule has 2 rings (SSSR count). The molecule has 1 heterocycles. The van der Waals surface area contributed by atoms with Crippen molar-refractivity contribution in [3.63, 3.8) is 0 Å². The van der Waals surface area contributed by atoms with E-state index in [1.165, 1.54) is 18.3 Å². The van der Waals surface area contributed by atoms with Crippen LogP contribution >= 0.6 is 0 Å². The fourth-order valence-corrected chi connectivity index (χ4v) is 2.70. The van der Waals surface area contributed by atoms with Crippen molar-refractivity contribution in [2.45, 2.75) is 51.3 Å². The fourth-order valence-electron chi connectivity index (χ4n) is 2.70. The van der Waals surface area contributed by atoms with Crippen molar-refractivity contribution in [1.29, 1.82) is 0 Å². The number of hydrogen-bond acceptors (Lipinski definition) is 4. The highest BCUT2D eigenvalue weighted by molar-refractivity contribution is 5.95. The van der Waals surface area contributed by atoms with Crippen molar-refractivity contribution >= 4 is 5.91 Å². The van der Waals surface area contributed by atoms with E-state index in [2.05, 4.69) is 10.3 Å². The van der Waals surface area contributed by atoms with Gasteiger partial charge in [-0.1, -0.05) is 0 Å². The van der Waals surface area contributed by atoms with Gasteiger partial charge >= 0.3 is 0 Å². The van der Waals surface area contributed by atoms with Gasteiger partial charge in [-0.3, -0.25) is 9.78 Å². The number of carbonyl (C=O) groups is 1. The molecule has 0 bridgehead atoms. The Balaban J connectivity index is 2.10. The zero-order valence-corrected chi connectivity index (χ0v) is 15.7. The second-order valence-electron chi connectivity index (χ2n) is 7.62. The summed E-state index contributed by atoms with van der Waals surface area (Å²) >= 11 is 0. The monoisotopic (exact) mass is 377 g/mol. The van der Waals surface area contributed by atoms with Crippen LogP contribution in [0.2, 0.25) is 0 Å². The molecule has 4 N–H and O–H groups in total. The first-order valence-electron chi connectivity index (χ1n) is 8.70. The van der Waals surface area contributed by atoms with Crippen molar-refractivity contribution in [2.24, 2.45) is 5.73 Å². The lowest BCUT2D eigenvalue weighted by Gasteiger charge is -2.23. The smallest absolute Gasteiger partial charge is 0.253 e. The number of aromatic nitrogens is 1. The summed E-state index contributed by atoms with van der Waals surface area (Å²) in [4.78, 5) is 16.6. The summed E-state index contributed by atoms with van der Waals surface area (Å²) in [5, 5.41) is 13.3. The molecule has 1 aromatic carbocycles. The Hall–Kier alpha value is -2.38. The number of rotatable bonds is 6. The van der Waals surface area contributed by atoms with Crippen LogP contribution < -0.4 is 11.1 Å². The molecule has 0 aliphatic carbocycles. The van der Waals surface area contributed by atoms with Crippen molar-refractivity contribution in [3.8, 4) is 0 Å². The van der Waals surface area contributed by atoms with Gasteiger partial charge in [-0.25, -0.2) is 8.78 Å². The first-order valence-corrected chi connectivity index (χ1v) is 8.70. The maximum absolute atomic E-state index is 13.3. The van der Waals surface area contributed by atoms with Crippen molar-refractivity contribution in [3.05, 3.63) is 65.0 Å². The van der Waals surface area contributed by atoms with Gasteiger partial charge in [0, 0.05) is 30.3 Å². The van der Waals surface area contributed by atoms with E-state index in [1.807, 2.05) is 20.8 Å². The Kier molecular flexibility index (Phi) is 6.62. The number of benzene rings is 1. The largest absolute Gasteiger partial charge is 0.391 e. The van der Waals surface area contributed by atoms with E-state index in [1.54, 1.807) is 12.1 Å². The number of carbonyl (C=O) groups excluding carboxylic acids is 1. The van der Waals surface area contributed by atoms with Gasteiger partial charge in [-0.05, 0) is 57.0 Å². The Morgan fingerprint density at radius 2 is 1.85 bits per heavy atom. The summed E-state index contributed by atoms with van der Waals surface area (Å²) in [6, 6.07) is 5.63. The van der Waals surface area contributed by atoms with E-state index in [4.69, 9.17) is 5.73 Å². The van der Waals surface area contributed by atoms with Crippen molar-refractivity contribution in [2.75, 3.05) is 0 Å². The van der Waals surface area contributed by atoms with Crippen LogP contribution in [0.4, 0.5) is 8.78 Å². The standard InChI is InChI=1S/C20H25F2N3O2/c1-20(2,3)25-19(27)15-5-4-6-24-17(15)11-18(26)16(23)9-12-7-13(21)10-14(22)8-12/h4-8,10,16,18,26H,9,11,23H2,1-3H3,(H,25,27)/t16-,18+/m1/s1. The number of nitrogens with zero attached hydrogens (tertiary/aromatic N) is 1. The van der Waals surface area contributed by atoms with Gasteiger partial charge < -0.3 is 16.2 Å². The number of aliphatic hydroxyl groups is 1. The Morgan fingerprint density at radius 3 is 2.44 bits per heavy atom. The van der Waals surface area contributed by atoms with Gasteiger partial charge in [0.15, 0.2) is 0 Å². The van der Waals surface area contributed by atoms with Gasteiger partial charge in [0.1, 0.15) is 11.6 Å². The van der Waals surface area contributed by atoms with Crippen LogP contribution in [0.3, 0.4) is 0 Å². The molecule has 27 heavy (non-hydrogen) atoms. The highest BCUT2D eigenvalue weighted by Crippen LogP contribution is 2.15. The maximum atomic E-state index is 13.3. The quantitative estimate of drug-likeness (QED) is 0.721. The zero-order valence-electron chi connectivity index (χ0n) is 15.7. The molecule has 2 atom stereocenters. The summed E-state index contributed by atoms with van der Waals surface area (Å²) in [5.41, 5.74) is 6.71. The van der Waals surface area contributed by atoms with Crippen LogP contribution in [0.5, 0.6) is 0 Å². The minimum Gasteiger partial charge on any atom is -0.391 e. The van der Waals surface area contributed by atoms with Crippen LogP contribution in [0.25, 0.3) is 0 Å². The molecule has 1 aromatic heterocycles. The van der Waals surface area contributed by atoms with E-state index in [0.717, 1.165) is 6.07 Å². The predicted molar refractivity (Wildman–Crippen MR) is 99.2 cm³/mol. The lowest BCUT2D eigenvalue weighted by atomic mass is 9.97. The summed E-state index contributed by atoms with van der Waals surface area (Å²) < 4.78 is 26.6. The van der Waals surface area contributed by atoms with Crippen LogP contribution in [0.1, 0.15) is 42.4 Å². The number of nitrogens with two attached hydrogens (primary N) is 1. The third kappa shape index (κ3) is 6.37. The minimum atomic E-state index is -1.03. The molecule has 146 valence electrons. The molecular formula is C20H25F2N3O2. The van der Waals surface area contributed by atoms with Crippen molar-refractivity contribution < 1.29 is 18.7 Å². The average molecular weight is 377 g/mol. The molecule has 0 radical (unpaired) electrons. The van der Waals surface area contributed by atoms with Gasteiger partial charge in [0.2, 0.25) is 0 Å². The molecule has 0 aliphatic rings. The second-order valence-corrected chi connectivity index (χ2v) is 7.62. The topological polar surface area (TPSA) is 88.2 Å². The van der Waals surface area contributed by atoms with E-state index in [0.29, 0.717) is 16.8 Å². The van der Waals surface area contributed by atoms with Crippen LogP contribution in [-0.4, -0.2) is 33.7 Å². The van der Waals surface area contributed by atoms with Crippen LogP contribution in [0.15, 0.2) is 36.5 Å². The normalized spacial score (nSPS) is 13.9. The zero-order chi connectivity index (χ0) is 20.2. The molecule has 1 amide bonds. The summed E-state index contributed by atoms with van der Waals surface area (Å²) in [6.07, 6.45) is 0.634. The Labute approximate surface area is 157 Å². The fraction of sp³-hybridized carbons (Fsp3) is 0.400. The maximum Gasteiger partial charge on any atom is 0.253 e. The van der Waals surface area contributed by atoms with Gasteiger partial charge in [0.05, 0.1) is 17.4 Å². The van der Waals surface area contributed by atoms with Crippen LogP contribution in [0, 0.1) is 11.6 Å². The molecule has 0 fully saturated rings. The van der Waals surface area contributed by atoms with E-state index in [-0.39, 0.29) is 18.7 Å². The van der Waals surface area contributed by atoms with Gasteiger partial charge in [-0.15, -0.1) is 0 Å². The van der Waals surface area contributed by atoms with E-state index < -0.39 is 29.3 Å². The number of halogens is 2. The highest BCUT2D eigenvalue weighted by Gasteiger charge is 2.22. The second kappa shape index (κ2) is 8.54. The SMILES string of the molecule is CC(C)(C)NC(=O)c1cccnc1C[C@H](O)[C@H](N)Cc1cc(F)cc(F)c1. The number of pyridine rings is 1. The molecular weight excluding hydrogens is 352 g/mol. The predicted octanol–water partition coefficient (Wildman–Crippen LogP) is 2.36. The molecule has 7 heteroatoms. The highest BCUT2D eigenvalue weighted by atomic mass is 19.1. The first-order chi connectivity index (χ1) is 12.5. The van der Waals surface area contributed by atoms with Gasteiger partial charge in [-0.2, -0.15) is 0 Å². The lowest BCUT2D eigenvalue weighted by Crippen LogP contribution is -2.42. The number of nitrogens with one attached hydrogen (secondary N) is 1. The number of aliphatic hydroxyl groups excluding tert-OH is 1. The Bertz CT molecular complexity index is 786. The molecule has 0 saturated carbocycles. The summed E-state index contributed by atoms with van der Waals surface area (Å²) in [5.74, 6) is -1.69. The van der Waals surface area contributed by atoms with Crippen LogP contribution in [-0.2, 0) is 12.8 Å². The number of amides is 1. The van der Waals surface area contributed by atoms with Gasteiger partial charge in [0.25, 0.3) is 5.91 Å². The lowest BCUT2D eigenvalue weighted by molar-refractivity contribution is 0.0916. The van der Waals surface area contributed by atoms with E-state index >= 15 is 0 Å².